The van der Waals surface area contributed by atoms with Crippen LogP contribution in [0.4, 0.5) is 0 Å². The van der Waals surface area contributed by atoms with Crippen LogP contribution in [0, 0.1) is 0 Å². The summed E-state index contributed by atoms with van der Waals surface area (Å²) in [6.45, 7) is 6.72. The highest BCUT2D eigenvalue weighted by atomic mass is 16.1. The van der Waals surface area contributed by atoms with Gasteiger partial charge in [-0.3, -0.25) is 4.79 Å². The molecule has 0 aliphatic carbocycles. The van der Waals surface area contributed by atoms with Gasteiger partial charge in [-0.2, -0.15) is 0 Å². The monoisotopic (exact) mass is 346 g/mol. The fourth-order valence-corrected chi connectivity index (χ4v) is 2.92. The van der Waals surface area contributed by atoms with E-state index in [0.717, 1.165) is 18.7 Å². The van der Waals surface area contributed by atoms with Gasteiger partial charge in [0.05, 0.1) is 6.54 Å². The van der Waals surface area contributed by atoms with Gasteiger partial charge in [0, 0.05) is 25.4 Å². The Morgan fingerprint density at radius 1 is 0.808 bits per heavy atom. The normalized spacial score (nSPS) is 11.0. The van der Waals surface area contributed by atoms with Crippen LogP contribution in [0.2, 0.25) is 0 Å². The average Bonchev–Trinajstić information content (AvgIpc) is 2.65. The molecule has 134 valence electrons. The van der Waals surface area contributed by atoms with Crippen molar-refractivity contribution in [2.75, 3.05) is 0 Å². The quantitative estimate of drug-likeness (QED) is 0.692. The number of rotatable bonds is 7. The van der Waals surface area contributed by atoms with Crippen LogP contribution in [0.25, 0.3) is 0 Å². The number of nitrogens with one attached hydrogen (secondary N) is 1. The van der Waals surface area contributed by atoms with Crippen LogP contribution < -0.4 is 10.9 Å². The van der Waals surface area contributed by atoms with Crippen molar-refractivity contribution in [3.8, 4) is 0 Å². The van der Waals surface area contributed by atoms with E-state index in [9.17, 15) is 4.79 Å². The zero-order valence-corrected chi connectivity index (χ0v) is 15.5. The molecule has 0 saturated carbocycles. The molecule has 0 spiro atoms. The first-order chi connectivity index (χ1) is 12.6. The van der Waals surface area contributed by atoms with Crippen molar-refractivity contribution in [2.45, 2.75) is 39.4 Å². The Hall–Kier alpha value is -2.65. The van der Waals surface area contributed by atoms with Gasteiger partial charge in [0.2, 0.25) is 0 Å². The Morgan fingerprint density at radius 3 is 1.96 bits per heavy atom. The second-order valence-corrected chi connectivity index (χ2v) is 6.98. The molecule has 3 aromatic rings. The van der Waals surface area contributed by atoms with Gasteiger partial charge in [0.25, 0.3) is 5.56 Å². The second kappa shape index (κ2) is 8.63. The zero-order chi connectivity index (χ0) is 18.4. The molecule has 0 saturated heterocycles. The molecule has 3 heteroatoms. The predicted molar refractivity (Wildman–Crippen MR) is 107 cm³/mol. The van der Waals surface area contributed by atoms with Crippen LogP contribution >= 0.6 is 0 Å². The molecule has 0 fully saturated rings. The van der Waals surface area contributed by atoms with Gasteiger partial charge >= 0.3 is 0 Å². The predicted octanol–water partition coefficient (Wildman–Crippen LogP) is 4.31. The minimum atomic E-state index is 0.0294. The lowest BCUT2D eigenvalue weighted by molar-refractivity contribution is 0.691. The second-order valence-electron chi connectivity index (χ2n) is 6.98. The maximum atomic E-state index is 11.8. The molecule has 3 nitrogen and oxygen atoms in total. The van der Waals surface area contributed by atoms with Crippen molar-refractivity contribution < 1.29 is 0 Å². The Morgan fingerprint density at radius 2 is 1.38 bits per heavy atom. The van der Waals surface area contributed by atoms with E-state index >= 15 is 0 Å². The van der Waals surface area contributed by atoms with E-state index in [4.69, 9.17) is 0 Å². The number of hydrogen-bond acceptors (Lipinski definition) is 2. The summed E-state index contributed by atoms with van der Waals surface area (Å²) in [5.41, 5.74) is 5.08. The van der Waals surface area contributed by atoms with Crippen molar-refractivity contribution >= 4 is 0 Å². The Kier molecular flexibility index (Phi) is 6.03. The summed E-state index contributed by atoms with van der Waals surface area (Å²) in [7, 11) is 0. The lowest BCUT2D eigenvalue weighted by Crippen LogP contribution is -2.18. The zero-order valence-electron chi connectivity index (χ0n) is 15.5. The van der Waals surface area contributed by atoms with E-state index in [1.165, 1.54) is 16.7 Å². The summed E-state index contributed by atoms with van der Waals surface area (Å²) in [6, 6.07) is 22.5. The first-order valence-electron chi connectivity index (χ1n) is 9.14. The highest BCUT2D eigenvalue weighted by Crippen LogP contribution is 2.14. The molecular weight excluding hydrogens is 320 g/mol. The number of nitrogens with zero attached hydrogens (tertiary/aromatic N) is 1. The van der Waals surface area contributed by atoms with E-state index in [-0.39, 0.29) is 5.56 Å². The fourth-order valence-electron chi connectivity index (χ4n) is 2.92. The third-order valence-electron chi connectivity index (χ3n) is 4.58. The number of benzene rings is 2. The molecule has 1 heterocycles. The van der Waals surface area contributed by atoms with E-state index in [2.05, 4.69) is 67.7 Å². The van der Waals surface area contributed by atoms with Gasteiger partial charge in [-0.05, 0) is 34.2 Å². The van der Waals surface area contributed by atoms with Crippen molar-refractivity contribution in [2.24, 2.45) is 0 Å². The molecule has 0 aliphatic rings. The summed E-state index contributed by atoms with van der Waals surface area (Å²) >= 11 is 0. The molecule has 0 radical (unpaired) electrons. The molecule has 0 aliphatic heterocycles. The number of pyridine rings is 1. The van der Waals surface area contributed by atoms with Crippen molar-refractivity contribution in [1.82, 2.24) is 9.88 Å². The Balaban J connectivity index is 1.51. The number of hydrogen-bond donors (Lipinski definition) is 1. The van der Waals surface area contributed by atoms with Crippen molar-refractivity contribution in [3.05, 3.63) is 106 Å². The van der Waals surface area contributed by atoms with Crippen LogP contribution in [0.1, 0.15) is 42.0 Å². The van der Waals surface area contributed by atoms with Gasteiger partial charge < -0.3 is 9.88 Å². The molecule has 0 unspecified atom stereocenters. The standard InChI is InChI=1S/C23H26N2O/c1-18(2)22-12-10-20(11-13-22)16-24-15-19-6-8-21(9-7-19)17-25-14-4-3-5-23(25)26/h3-14,18,24H,15-17H2,1-2H3. The topological polar surface area (TPSA) is 34.0 Å². The van der Waals surface area contributed by atoms with E-state index in [1.807, 2.05) is 12.3 Å². The fraction of sp³-hybridized carbons (Fsp3) is 0.261. The smallest absolute Gasteiger partial charge is 0.250 e. The molecule has 26 heavy (non-hydrogen) atoms. The first-order valence-corrected chi connectivity index (χ1v) is 9.14. The Labute approximate surface area is 155 Å². The first kappa shape index (κ1) is 18.2. The van der Waals surface area contributed by atoms with Gasteiger partial charge in [0.1, 0.15) is 0 Å². The van der Waals surface area contributed by atoms with Crippen molar-refractivity contribution in [1.29, 1.82) is 0 Å². The minimum Gasteiger partial charge on any atom is -0.311 e. The third-order valence-corrected chi connectivity index (χ3v) is 4.58. The summed E-state index contributed by atoms with van der Waals surface area (Å²) in [4.78, 5) is 11.8. The van der Waals surface area contributed by atoms with Crippen LogP contribution in [0.15, 0.2) is 77.7 Å². The maximum Gasteiger partial charge on any atom is 0.250 e. The summed E-state index contributed by atoms with van der Waals surface area (Å²) in [5.74, 6) is 0.572. The van der Waals surface area contributed by atoms with Crippen LogP contribution in [-0.2, 0) is 19.6 Å². The Bertz CT molecular complexity index is 877. The molecule has 1 aromatic heterocycles. The third kappa shape index (κ3) is 4.93. The van der Waals surface area contributed by atoms with E-state index in [0.29, 0.717) is 12.5 Å². The largest absolute Gasteiger partial charge is 0.311 e. The lowest BCUT2D eigenvalue weighted by atomic mass is 10.0. The summed E-state index contributed by atoms with van der Waals surface area (Å²) in [6.07, 6.45) is 1.82. The molecule has 2 aromatic carbocycles. The summed E-state index contributed by atoms with van der Waals surface area (Å²) < 4.78 is 1.72. The molecule has 3 rings (SSSR count). The van der Waals surface area contributed by atoms with E-state index in [1.54, 1.807) is 16.7 Å². The maximum absolute atomic E-state index is 11.8. The SMILES string of the molecule is CC(C)c1ccc(CNCc2ccc(Cn3ccccc3=O)cc2)cc1. The van der Waals surface area contributed by atoms with Gasteiger partial charge in [-0.15, -0.1) is 0 Å². The minimum absolute atomic E-state index is 0.0294. The van der Waals surface area contributed by atoms with Gasteiger partial charge in [-0.25, -0.2) is 0 Å². The lowest BCUT2D eigenvalue weighted by Gasteiger charge is -2.09. The van der Waals surface area contributed by atoms with Crippen LogP contribution in [-0.4, -0.2) is 4.57 Å². The summed E-state index contributed by atoms with van der Waals surface area (Å²) in [5, 5.41) is 3.49. The van der Waals surface area contributed by atoms with Crippen molar-refractivity contribution in [3.63, 3.8) is 0 Å². The van der Waals surface area contributed by atoms with Crippen LogP contribution in [0.5, 0.6) is 0 Å². The molecule has 0 atom stereocenters. The van der Waals surface area contributed by atoms with Gasteiger partial charge in [-0.1, -0.05) is 68.4 Å². The highest BCUT2D eigenvalue weighted by Gasteiger charge is 2.00. The van der Waals surface area contributed by atoms with Crippen LogP contribution in [0.3, 0.4) is 0 Å². The molecule has 0 bridgehead atoms. The number of aromatic nitrogens is 1. The molecule has 1 N–H and O–H groups in total. The average molecular weight is 346 g/mol. The van der Waals surface area contributed by atoms with Gasteiger partial charge in [0.15, 0.2) is 0 Å². The molecular formula is C23H26N2O. The highest BCUT2D eigenvalue weighted by molar-refractivity contribution is 5.25. The van der Waals surface area contributed by atoms with E-state index < -0.39 is 0 Å². The molecule has 0 amide bonds.